The molecule has 3 N–H and O–H groups in total. The van der Waals surface area contributed by atoms with Crippen LogP contribution in [0.25, 0.3) is 6.08 Å². The minimum Gasteiger partial charge on any atom is -0.481 e. The highest BCUT2D eigenvalue weighted by Gasteiger charge is 2.32. The number of carboxylic acid groups (broad SMARTS) is 1. The lowest BCUT2D eigenvalue weighted by Gasteiger charge is -2.15. The molecule has 218 valence electrons. The summed E-state index contributed by atoms with van der Waals surface area (Å²) in [6, 6.07) is -0.0584. The zero-order valence-corrected chi connectivity index (χ0v) is 25.3. The van der Waals surface area contributed by atoms with Crippen molar-refractivity contribution in [1.29, 1.82) is 0 Å². The van der Waals surface area contributed by atoms with E-state index in [1.807, 2.05) is 12.2 Å². The van der Waals surface area contributed by atoms with Gasteiger partial charge < -0.3 is 20.2 Å². The van der Waals surface area contributed by atoms with E-state index in [4.69, 9.17) is 9.98 Å². The van der Waals surface area contributed by atoms with Crippen LogP contribution in [0.15, 0.2) is 86.2 Å². The molecule has 5 rings (SSSR count). The molecule has 0 saturated heterocycles. The van der Waals surface area contributed by atoms with Gasteiger partial charge >= 0.3 is 5.97 Å². The molecule has 0 aliphatic carbocycles. The molecule has 0 amide bonds. The molecule has 1 aromatic rings. The monoisotopic (exact) mass is 564 g/mol. The SMILES string of the molecule is C=CC1=C(C)C2CC3=N/C(=C\c4[nH]c(c(C)c4CCC(=O)O)CC4N=C(/C=C/1N2)C(C)=C4C=C)C(CCC(C)=O)=C3C. The van der Waals surface area contributed by atoms with Crippen LogP contribution in [0, 0.1) is 6.92 Å². The first-order valence-electron chi connectivity index (χ1n) is 14.7. The fourth-order valence-corrected chi connectivity index (χ4v) is 6.55. The molecule has 0 saturated carbocycles. The smallest absolute Gasteiger partial charge is 0.303 e. The number of H-pyrrole nitrogens is 1. The van der Waals surface area contributed by atoms with E-state index in [1.54, 1.807) is 6.92 Å². The van der Waals surface area contributed by atoms with Crippen LogP contribution in [0.3, 0.4) is 0 Å². The van der Waals surface area contributed by atoms with E-state index in [0.29, 0.717) is 32.1 Å². The number of rotatable bonds is 8. The summed E-state index contributed by atoms with van der Waals surface area (Å²) in [5, 5.41) is 13.2. The van der Waals surface area contributed by atoms with Crippen LogP contribution in [0.4, 0.5) is 0 Å². The highest BCUT2D eigenvalue weighted by molar-refractivity contribution is 6.11. The number of ketones is 1. The number of fused-ring (bicyclic) bond motifs is 6. The molecule has 0 aromatic carbocycles. The maximum Gasteiger partial charge on any atom is 0.303 e. The number of hydrogen-bond acceptors (Lipinski definition) is 5. The second kappa shape index (κ2) is 11.6. The maximum absolute atomic E-state index is 12.0. The Bertz CT molecular complexity index is 1630. The first-order valence-corrected chi connectivity index (χ1v) is 14.7. The Morgan fingerprint density at radius 2 is 1.81 bits per heavy atom. The standard InChI is InChI=1S/C35H40N4O3/c1-8-23-19(4)27-14-28-21(6)25(11-10-18(3)40)33(38-28)17-34-26(12-13-35(41)42)22(7)30(39-34)16-32-24(9-2)20(5)29(37-32)15-31(23)36-27/h8-9,15,17,27,32,36,39H,1-2,10-14,16H2,3-7H3,(H,41,42)/b31-15-,33-17-. The van der Waals surface area contributed by atoms with E-state index >= 15 is 0 Å². The summed E-state index contributed by atoms with van der Waals surface area (Å²) in [6.07, 6.45) is 10.8. The quantitative estimate of drug-likeness (QED) is 0.337. The highest BCUT2D eigenvalue weighted by Crippen LogP contribution is 2.37. The van der Waals surface area contributed by atoms with Gasteiger partial charge in [-0.25, -0.2) is 0 Å². The molecule has 5 heterocycles. The number of nitrogens with one attached hydrogen (secondary N) is 2. The Balaban J connectivity index is 1.71. The molecule has 7 nitrogen and oxygen atoms in total. The van der Waals surface area contributed by atoms with E-state index < -0.39 is 5.97 Å². The molecule has 7 heteroatoms. The average Bonchev–Trinajstić information content (AvgIpc) is 3.59. The minimum absolute atomic E-state index is 0.0374. The van der Waals surface area contributed by atoms with Crippen molar-refractivity contribution >= 4 is 29.3 Å². The maximum atomic E-state index is 12.0. The highest BCUT2D eigenvalue weighted by atomic mass is 16.4. The summed E-state index contributed by atoms with van der Waals surface area (Å²) in [5.41, 5.74) is 14.4. The van der Waals surface area contributed by atoms with Crippen molar-refractivity contribution in [2.45, 2.75) is 85.2 Å². The molecule has 2 unspecified atom stereocenters. The third kappa shape index (κ3) is 5.36. The Hall–Kier alpha value is -4.26. The summed E-state index contributed by atoms with van der Waals surface area (Å²) in [4.78, 5) is 37.5. The number of nitrogens with zero attached hydrogens (tertiary/aromatic N) is 2. The third-order valence-corrected chi connectivity index (χ3v) is 9.10. The average molecular weight is 565 g/mol. The lowest BCUT2D eigenvalue weighted by Crippen LogP contribution is -2.27. The number of allylic oxidation sites excluding steroid dienone is 5. The Labute approximate surface area is 248 Å². The van der Waals surface area contributed by atoms with E-state index in [9.17, 15) is 14.7 Å². The normalized spacial score (nSPS) is 24.1. The van der Waals surface area contributed by atoms with Crippen molar-refractivity contribution < 1.29 is 14.7 Å². The number of aromatic nitrogens is 1. The summed E-state index contributed by atoms with van der Waals surface area (Å²) in [6.45, 7) is 18.2. The van der Waals surface area contributed by atoms with Gasteiger partial charge in [0.05, 0.1) is 23.5 Å². The van der Waals surface area contributed by atoms with Crippen LogP contribution in [0.5, 0.6) is 0 Å². The molecule has 1 aromatic heterocycles. The second-order valence-electron chi connectivity index (χ2n) is 11.7. The second-order valence-corrected chi connectivity index (χ2v) is 11.7. The number of hydrogen-bond donors (Lipinski definition) is 3. The zero-order chi connectivity index (χ0) is 30.3. The van der Waals surface area contributed by atoms with E-state index in [0.717, 1.165) is 73.2 Å². The number of aromatic amines is 1. The summed E-state index contributed by atoms with van der Waals surface area (Å²) >= 11 is 0. The molecular formula is C35H40N4O3. The lowest BCUT2D eigenvalue weighted by atomic mass is 9.94. The van der Waals surface area contributed by atoms with Crippen LogP contribution in [0.2, 0.25) is 0 Å². The summed E-state index contributed by atoms with van der Waals surface area (Å²) in [7, 11) is 0. The van der Waals surface area contributed by atoms with Crippen LogP contribution < -0.4 is 5.32 Å². The topological polar surface area (TPSA) is 107 Å². The van der Waals surface area contributed by atoms with Crippen molar-refractivity contribution in [3.8, 4) is 0 Å². The predicted octanol–water partition coefficient (Wildman–Crippen LogP) is 6.45. The van der Waals surface area contributed by atoms with E-state index in [1.165, 1.54) is 5.57 Å². The predicted molar refractivity (Wildman–Crippen MR) is 170 cm³/mol. The van der Waals surface area contributed by atoms with Crippen LogP contribution in [-0.4, -0.2) is 45.4 Å². The molecule has 4 aliphatic rings. The van der Waals surface area contributed by atoms with Gasteiger partial charge in [0.25, 0.3) is 0 Å². The number of carbonyl (C=O) groups excluding carboxylic acids is 1. The van der Waals surface area contributed by atoms with E-state index in [-0.39, 0.29) is 24.3 Å². The zero-order valence-electron chi connectivity index (χ0n) is 25.3. The van der Waals surface area contributed by atoms with Gasteiger partial charge in [0.2, 0.25) is 0 Å². The van der Waals surface area contributed by atoms with Crippen molar-refractivity contribution in [3.05, 3.63) is 98.7 Å². The Kier molecular flexibility index (Phi) is 8.04. The molecule has 42 heavy (non-hydrogen) atoms. The van der Waals surface area contributed by atoms with Crippen LogP contribution in [0.1, 0.15) is 75.9 Å². The molecule has 4 aliphatic heterocycles. The molecule has 8 bridgehead atoms. The third-order valence-electron chi connectivity index (χ3n) is 9.10. The lowest BCUT2D eigenvalue weighted by molar-refractivity contribution is -0.137. The molecule has 0 fully saturated rings. The van der Waals surface area contributed by atoms with Crippen molar-refractivity contribution in [2.75, 3.05) is 0 Å². The summed E-state index contributed by atoms with van der Waals surface area (Å²) in [5.74, 6) is -0.690. The molecule has 0 radical (unpaired) electrons. The van der Waals surface area contributed by atoms with Crippen molar-refractivity contribution in [1.82, 2.24) is 10.3 Å². The minimum atomic E-state index is -0.830. The fraction of sp³-hybridized carbons (Fsp3) is 0.371. The first-order chi connectivity index (χ1) is 20.0. The van der Waals surface area contributed by atoms with Crippen molar-refractivity contribution in [3.63, 3.8) is 0 Å². The Morgan fingerprint density at radius 1 is 1.05 bits per heavy atom. The van der Waals surface area contributed by atoms with Gasteiger partial charge in [-0.15, -0.1) is 0 Å². The largest absolute Gasteiger partial charge is 0.481 e. The van der Waals surface area contributed by atoms with Gasteiger partial charge in [0.1, 0.15) is 5.78 Å². The number of Topliss-reactive ketones (excluding diaryl/α,β-unsaturated/α-hetero) is 1. The molecular weight excluding hydrogens is 524 g/mol. The first kappa shape index (κ1) is 29.2. The fourth-order valence-electron chi connectivity index (χ4n) is 6.55. The van der Waals surface area contributed by atoms with Gasteiger partial charge in [0.15, 0.2) is 0 Å². The number of carboxylic acids is 1. The van der Waals surface area contributed by atoms with Gasteiger partial charge in [0, 0.05) is 48.5 Å². The number of aliphatic carboxylic acids is 1. The Morgan fingerprint density at radius 3 is 2.48 bits per heavy atom. The van der Waals surface area contributed by atoms with Gasteiger partial charge in [-0.1, -0.05) is 25.3 Å². The van der Waals surface area contributed by atoms with Gasteiger partial charge in [-0.2, -0.15) is 0 Å². The van der Waals surface area contributed by atoms with Crippen LogP contribution >= 0.6 is 0 Å². The molecule has 0 spiro atoms. The van der Waals surface area contributed by atoms with Crippen molar-refractivity contribution in [2.24, 2.45) is 9.98 Å². The molecule has 2 atom stereocenters. The number of aliphatic imine (C=N–C) groups is 2. The van der Waals surface area contributed by atoms with Crippen LogP contribution in [-0.2, 0) is 22.4 Å². The van der Waals surface area contributed by atoms with E-state index in [2.05, 4.69) is 63.3 Å². The summed E-state index contributed by atoms with van der Waals surface area (Å²) < 4.78 is 0. The van der Waals surface area contributed by atoms with Gasteiger partial charge in [-0.3, -0.25) is 14.8 Å². The number of carbonyl (C=O) groups is 2. The van der Waals surface area contributed by atoms with Gasteiger partial charge in [-0.05, 0) is 104 Å².